The van der Waals surface area contributed by atoms with Crippen LogP contribution in [-0.4, -0.2) is 51.3 Å². The summed E-state index contributed by atoms with van der Waals surface area (Å²) in [6.07, 6.45) is 0. The number of amides is 2. The van der Waals surface area contributed by atoms with Crippen LogP contribution >= 0.6 is 0 Å². The summed E-state index contributed by atoms with van der Waals surface area (Å²) in [6.45, 7) is 8.06. The lowest BCUT2D eigenvalue weighted by Gasteiger charge is -2.34. The number of hydrogen-bond donors (Lipinski definition) is 1. The van der Waals surface area contributed by atoms with E-state index in [1.54, 1.807) is 9.58 Å². The fourth-order valence-electron chi connectivity index (χ4n) is 4.33. The van der Waals surface area contributed by atoms with E-state index in [0.717, 1.165) is 27.9 Å². The molecule has 38 heavy (non-hydrogen) atoms. The van der Waals surface area contributed by atoms with Gasteiger partial charge in [0.25, 0.3) is 0 Å². The Hall–Kier alpha value is -4.20. The first-order chi connectivity index (χ1) is 18.0. The zero-order valence-corrected chi connectivity index (χ0v) is 23.0. The van der Waals surface area contributed by atoms with Crippen molar-refractivity contribution in [3.05, 3.63) is 89.5 Å². The van der Waals surface area contributed by atoms with E-state index in [0.29, 0.717) is 5.52 Å². The highest BCUT2D eigenvalue weighted by atomic mass is 16.2. The molecule has 0 aliphatic rings. The van der Waals surface area contributed by atoms with Crippen LogP contribution in [0.4, 0.5) is 5.69 Å². The van der Waals surface area contributed by atoms with Gasteiger partial charge < -0.3 is 15.1 Å². The third-order valence-corrected chi connectivity index (χ3v) is 6.28. The Kier molecular flexibility index (Phi) is 7.80. The predicted molar refractivity (Wildman–Crippen MR) is 151 cm³/mol. The summed E-state index contributed by atoms with van der Waals surface area (Å²) in [5.74, 6) is -0.467. The summed E-state index contributed by atoms with van der Waals surface area (Å²) in [7, 11) is 3.93. The molecule has 4 aromatic rings. The van der Waals surface area contributed by atoms with E-state index in [-0.39, 0.29) is 24.9 Å². The maximum absolute atomic E-state index is 14.0. The summed E-state index contributed by atoms with van der Waals surface area (Å²) in [5.41, 5.74) is 4.82. The first-order valence-corrected chi connectivity index (χ1v) is 12.7. The Morgan fingerprint density at radius 1 is 0.947 bits per heavy atom. The summed E-state index contributed by atoms with van der Waals surface area (Å²) in [4.78, 5) is 31.5. The minimum atomic E-state index is -0.839. The fraction of sp³-hybridized carbons (Fsp3) is 0.333. The van der Waals surface area contributed by atoms with Crippen molar-refractivity contribution in [2.24, 2.45) is 0 Å². The molecule has 0 saturated heterocycles. The van der Waals surface area contributed by atoms with E-state index in [1.165, 1.54) is 0 Å². The molecule has 8 heteroatoms. The second kappa shape index (κ2) is 11.0. The molecule has 4 rings (SSSR count). The number of fused-ring (bicyclic) bond motifs is 1. The topological polar surface area (TPSA) is 83.4 Å². The number of rotatable bonds is 8. The van der Waals surface area contributed by atoms with Gasteiger partial charge in [-0.05, 0) is 63.1 Å². The predicted octanol–water partition coefficient (Wildman–Crippen LogP) is 4.49. The molecule has 1 heterocycles. The Morgan fingerprint density at radius 2 is 1.61 bits per heavy atom. The highest BCUT2D eigenvalue weighted by molar-refractivity contribution is 5.89. The van der Waals surface area contributed by atoms with Gasteiger partial charge in [0.1, 0.15) is 18.1 Å². The number of carbonyl (C=O) groups is 2. The second-order valence-electron chi connectivity index (χ2n) is 10.9. The van der Waals surface area contributed by atoms with E-state index < -0.39 is 11.6 Å². The van der Waals surface area contributed by atoms with Crippen molar-refractivity contribution in [1.82, 2.24) is 25.2 Å². The molecular formula is C30H36N6O2. The van der Waals surface area contributed by atoms with Crippen LogP contribution in [0.5, 0.6) is 0 Å². The Labute approximate surface area is 224 Å². The maximum Gasteiger partial charge on any atom is 0.247 e. The van der Waals surface area contributed by atoms with Crippen molar-refractivity contribution in [2.75, 3.05) is 19.0 Å². The molecular weight excluding hydrogens is 476 g/mol. The Balaban J connectivity index is 1.77. The van der Waals surface area contributed by atoms with Crippen LogP contribution in [-0.2, 0) is 22.7 Å². The molecule has 0 fully saturated rings. The molecule has 0 aliphatic carbocycles. The number of aryl methyl sites for hydroxylation is 1. The maximum atomic E-state index is 14.0. The van der Waals surface area contributed by atoms with E-state index in [9.17, 15) is 9.59 Å². The first kappa shape index (κ1) is 26.9. The van der Waals surface area contributed by atoms with E-state index >= 15 is 0 Å². The van der Waals surface area contributed by atoms with Crippen molar-refractivity contribution < 1.29 is 9.59 Å². The van der Waals surface area contributed by atoms with Gasteiger partial charge in [0.15, 0.2) is 0 Å². The number of nitrogens with zero attached hydrogens (tertiary/aromatic N) is 5. The molecule has 198 valence electrons. The minimum Gasteiger partial charge on any atom is -0.378 e. The SMILES string of the molecule is Cc1ccc(CN(C(=O)Cn2nnc3ccccc32)[C@@H](C(=O)NC(C)(C)C)c2ccc(N(C)C)cc2)cc1. The van der Waals surface area contributed by atoms with Crippen LogP contribution in [0.15, 0.2) is 72.8 Å². The lowest BCUT2D eigenvalue weighted by Crippen LogP contribution is -2.49. The molecule has 1 N–H and O–H groups in total. The third-order valence-electron chi connectivity index (χ3n) is 6.28. The number of anilines is 1. The van der Waals surface area contributed by atoms with Crippen molar-refractivity contribution in [3.63, 3.8) is 0 Å². The second-order valence-corrected chi connectivity index (χ2v) is 10.9. The van der Waals surface area contributed by atoms with Gasteiger partial charge in [0.2, 0.25) is 11.8 Å². The van der Waals surface area contributed by atoms with Gasteiger partial charge >= 0.3 is 0 Å². The summed E-state index contributed by atoms with van der Waals surface area (Å²) < 4.78 is 1.59. The molecule has 3 aromatic carbocycles. The van der Waals surface area contributed by atoms with E-state index in [4.69, 9.17) is 0 Å². The molecule has 0 unspecified atom stereocenters. The molecule has 1 atom stereocenters. The van der Waals surface area contributed by atoms with Crippen molar-refractivity contribution in [3.8, 4) is 0 Å². The van der Waals surface area contributed by atoms with Crippen LogP contribution in [0, 0.1) is 6.92 Å². The zero-order valence-electron chi connectivity index (χ0n) is 23.0. The molecule has 8 nitrogen and oxygen atoms in total. The monoisotopic (exact) mass is 512 g/mol. The van der Waals surface area contributed by atoms with Gasteiger partial charge in [0, 0.05) is 31.9 Å². The average Bonchev–Trinajstić information content (AvgIpc) is 3.27. The zero-order chi connectivity index (χ0) is 27.4. The minimum absolute atomic E-state index is 0.0402. The summed E-state index contributed by atoms with van der Waals surface area (Å²) in [5, 5.41) is 11.5. The number of nitrogens with one attached hydrogen (secondary N) is 1. The van der Waals surface area contributed by atoms with Crippen molar-refractivity contribution in [1.29, 1.82) is 0 Å². The number of aromatic nitrogens is 3. The van der Waals surface area contributed by atoms with Crippen molar-refractivity contribution >= 4 is 28.5 Å². The molecule has 0 radical (unpaired) electrons. The number of benzene rings is 3. The van der Waals surface area contributed by atoms with Gasteiger partial charge in [-0.2, -0.15) is 0 Å². The average molecular weight is 513 g/mol. The fourth-order valence-corrected chi connectivity index (χ4v) is 4.33. The lowest BCUT2D eigenvalue weighted by molar-refractivity contribution is -0.142. The van der Waals surface area contributed by atoms with E-state index in [2.05, 4.69) is 15.6 Å². The summed E-state index contributed by atoms with van der Waals surface area (Å²) >= 11 is 0. The molecule has 0 aliphatic heterocycles. The molecule has 2 amide bonds. The first-order valence-electron chi connectivity index (χ1n) is 12.7. The molecule has 0 bridgehead atoms. The van der Waals surface area contributed by atoms with Gasteiger partial charge in [0.05, 0.1) is 5.52 Å². The number of para-hydroxylation sites is 1. The standard InChI is InChI=1S/C30H36N6O2/c1-21-11-13-22(14-12-21)19-35(27(37)20-36-26-10-8-7-9-25(26)32-33-36)28(29(38)31-30(2,3)4)23-15-17-24(18-16-23)34(5)6/h7-18,28H,19-20H2,1-6H3,(H,31,38)/t28-/m1/s1. The van der Waals surface area contributed by atoms with E-state index in [1.807, 2.05) is 119 Å². The van der Waals surface area contributed by atoms with Crippen molar-refractivity contribution in [2.45, 2.75) is 52.4 Å². The van der Waals surface area contributed by atoms with Gasteiger partial charge in [-0.1, -0.05) is 59.3 Å². The quantitative estimate of drug-likeness (QED) is 0.376. The Bertz CT molecular complexity index is 1400. The molecule has 1 aromatic heterocycles. The van der Waals surface area contributed by atoms with Crippen LogP contribution in [0.1, 0.15) is 43.5 Å². The lowest BCUT2D eigenvalue weighted by atomic mass is 10.00. The largest absolute Gasteiger partial charge is 0.378 e. The van der Waals surface area contributed by atoms with Crippen LogP contribution in [0.2, 0.25) is 0 Å². The molecule has 0 spiro atoms. The summed E-state index contributed by atoms with van der Waals surface area (Å²) in [6, 6.07) is 22.5. The smallest absolute Gasteiger partial charge is 0.247 e. The van der Waals surface area contributed by atoms with Gasteiger partial charge in [-0.25, -0.2) is 4.68 Å². The normalized spacial score (nSPS) is 12.3. The van der Waals surface area contributed by atoms with Crippen LogP contribution < -0.4 is 10.2 Å². The van der Waals surface area contributed by atoms with Gasteiger partial charge in [-0.3, -0.25) is 9.59 Å². The van der Waals surface area contributed by atoms with Gasteiger partial charge in [-0.15, -0.1) is 5.10 Å². The highest BCUT2D eigenvalue weighted by Gasteiger charge is 2.34. The highest BCUT2D eigenvalue weighted by Crippen LogP contribution is 2.27. The van der Waals surface area contributed by atoms with Crippen LogP contribution in [0.25, 0.3) is 11.0 Å². The Morgan fingerprint density at radius 3 is 2.24 bits per heavy atom. The number of hydrogen-bond acceptors (Lipinski definition) is 5. The third kappa shape index (κ3) is 6.37. The molecule has 0 saturated carbocycles. The van der Waals surface area contributed by atoms with Crippen LogP contribution in [0.3, 0.4) is 0 Å². The number of carbonyl (C=O) groups excluding carboxylic acids is 2.